The fourth-order valence-electron chi connectivity index (χ4n) is 0.870. The summed E-state index contributed by atoms with van der Waals surface area (Å²) in [5.74, 6) is 0.0927. The second-order valence-electron chi connectivity index (χ2n) is 2.74. The molecular weight excluding hydrogens is 336 g/mol. The standard InChI is InChI=1S/C10H12O2.W/c1-8(4-5-11)6-9(2)7-10(3)12;/h1,5-6H,2,4,7H2,3H3;/b8-6+;. The van der Waals surface area contributed by atoms with Gasteiger partial charge in [0.25, 0.3) is 0 Å². The van der Waals surface area contributed by atoms with Gasteiger partial charge >= 0.3 is 89.0 Å². The van der Waals surface area contributed by atoms with E-state index in [0.717, 1.165) is 17.4 Å². The third kappa shape index (κ3) is 6.53. The van der Waals surface area contributed by atoms with E-state index in [1.807, 2.05) is 10.5 Å². The summed E-state index contributed by atoms with van der Waals surface area (Å²) >= 11 is 1.29. The Bertz CT molecular complexity index is 264. The molecule has 13 heavy (non-hydrogen) atoms. The molecular formula is C10H12O2W. The first kappa shape index (κ1) is 12.4. The van der Waals surface area contributed by atoms with Crippen LogP contribution in [-0.2, 0) is 28.9 Å². The van der Waals surface area contributed by atoms with Crippen LogP contribution >= 0.6 is 0 Å². The van der Waals surface area contributed by atoms with E-state index in [2.05, 4.69) is 6.58 Å². The molecule has 70 valence electrons. The van der Waals surface area contributed by atoms with Gasteiger partial charge in [0.05, 0.1) is 0 Å². The fraction of sp³-hybridized carbons (Fsp3) is 0.300. The minimum atomic E-state index is 0.0927. The van der Waals surface area contributed by atoms with Crippen molar-refractivity contribution in [3.63, 3.8) is 0 Å². The Kier molecular flexibility index (Phi) is 6.52. The van der Waals surface area contributed by atoms with Gasteiger partial charge in [-0.15, -0.1) is 0 Å². The second-order valence-corrected chi connectivity index (χ2v) is 3.59. The monoisotopic (exact) mass is 348 g/mol. The van der Waals surface area contributed by atoms with Crippen molar-refractivity contribution >= 4 is 16.5 Å². The Balaban J connectivity index is 4.32. The normalized spacial score (nSPS) is 10.7. The third-order valence-corrected chi connectivity index (χ3v) is 2.42. The van der Waals surface area contributed by atoms with Crippen molar-refractivity contribution in [2.45, 2.75) is 19.8 Å². The van der Waals surface area contributed by atoms with Crippen LogP contribution in [0.25, 0.3) is 0 Å². The van der Waals surface area contributed by atoms with Crippen LogP contribution in [0.2, 0.25) is 0 Å². The summed E-state index contributed by atoms with van der Waals surface area (Å²) in [5, 5.41) is 0. The predicted octanol–water partition coefficient (Wildman–Crippen LogP) is 1.39. The predicted molar refractivity (Wildman–Crippen MR) is 49.3 cm³/mol. The molecule has 0 unspecified atom stereocenters. The number of hydrogen-bond donors (Lipinski definition) is 0. The van der Waals surface area contributed by atoms with Crippen molar-refractivity contribution in [3.8, 4) is 0 Å². The maximum absolute atomic E-state index is 10.7. The quantitative estimate of drug-likeness (QED) is 0.537. The van der Waals surface area contributed by atoms with Crippen molar-refractivity contribution in [3.05, 3.63) is 23.8 Å². The molecule has 0 bridgehead atoms. The molecule has 0 saturated carbocycles. The first-order valence-electron chi connectivity index (χ1n) is 3.86. The van der Waals surface area contributed by atoms with E-state index in [-0.39, 0.29) is 5.78 Å². The van der Waals surface area contributed by atoms with E-state index in [1.54, 1.807) is 0 Å². The van der Waals surface area contributed by atoms with Gasteiger partial charge in [0.2, 0.25) is 0 Å². The first-order valence-corrected chi connectivity index (χ1v) is 5.56. The SMILES string of the molecule is C=C(/C=C(\[CH]=[W])CC=O)CC(C)=O. The van der Waals surface area contributed by atoms with Gasteiger partial charge < -0.3 is 0 Å². The molecule has 0 aliphatic heterocycles. The van der Waals surface area contributed by atoms with Crippen LogP contribution in [0.1, 0.15) is 19.8 Å². The Morgan fingerprint density at radius 1 is 1.54 bits per heavy atom. The number of rotatable bonds is 6. The molecule has 0 aromatic rings. The summed E-state index contributed by atoms with van der Waals surface area (Å²) in [5.41, 5.74) is 1.71. The number of hydrogen-bond acceptors (Lipinski definition) is 2. The molecule has 2 nitrogen and oxygen atoms in total. The van der Waals surface area contributed by atoms with Crippen LogP contribution in [-0.4, -0.2) is 16.5 Å². The summed E-state index contributed by atoms with van der Waals surface area (Å²) in [7, 11) is 0. The maximum atomic E-state index is 10.7. The summed E-state index contributed by atoms with van der Waals surface area (Å²) < 4.78 is 1.93. The number of carbonyl (C=O) groups is 2. The van der Waals surface area contributed by atoms with Gasteiger partial charge in [0, 0.05) is 0 Å². The number of carbonyl (C=O) groups excluding carboxylic acids is 2. The molecule has 0 heterocycles. The number of allylic oxidation sites excluding steroid dienone is 3. The minimum absolute atomic E-state index is 0.0927. The van der Waals surface area contributed by atoms with Crippen molar-refractivity contribution in [2.75, 3.05) is 0 Å². The molecule has 0 aliphatic rings. The van der Waals surface area contributed by atoms with E-state index in [0.29, 0.717) is 12.8 Å². The molecule has 0 N–H and O–H groups in total. The van der Waals surface area contributed by atoms with E-state index >= 15 is 0 Å². The second kappa shape index (κ2) is 6.85. The summed E-state index contributed by atoms with van der Waals surface area (Å²) in [4.78, 5) is 20.9. The third-order valence-electron chi connectivity index (χ3n) is 1.34. The van der Waals surface area contributed by atoms with Crippen LogP contribution in [0.15, 0.2) is 23.8 Å². The Morgan fingerprint density at radius 3 is 2.54 bits per heavy atom. The summed E-state index contributed by atoms with van der Waals surface area (Å²) in [6, 6.07) is 0. The van der Waals surface area contributed by atoms with Gasteiger partial charge in [0.15, 0.2) is 0 Å². The van der Waals surface area contributed by atoms with E-state index in [9.17, 15) is 9.59 Å². The molecule has 0 fully saturated rings. The number of Topliss-reactive ketones (excluding diaryl/α,β-unsaturated/α-hetero) is 1. The number of ketones is 1. The molecule has 0 atom stereocenters. The molecule has 0 rings (SSSR count). The van der Waals surface area contributed by atoms with E-state index < -0.39 is 0 Å². The fourth-order valence-corrected chi connectivity index (χ4v) is 1.46. The molecule has 0 radical (unpaired) electrons. The summed E-state index contributed by atoms with van der Waals surface area (Å²) in [6.07, 6.45) is 3.43. The molecule has 0 aromatic carbocycles. The zero-order valence-corrected chi connectivity index (χ0v) is 10.5. The molecule has 3 heteroatoms. The van der Waals surface area contributed by atoms with Crippen molar-refractivity contribution < 1.29 is 28.9 Å². The Hall–Kier alpha value is -0.622. The average molecular weight is 348 g/mol. The number of aldehydes is 1. The van der Waals surface area contributed by atoms with Gasteiger partial charge in [-0.1, -0.05) is 0 Å². The molecule has 0 saturated heterocycles. The van der Waals surface area contributed by atoms with Crippen LogP contribution in [0.5, 0.6) is 0 Å². The topological polar surface area (TPSA) is 34.1 Å². The zero-order valence-electron chi connectivity index (χ0n) is 7.58. The van der Waals surface area contributed by atoms with Crippen LogP contribution in [0.3, 0.4) is 0 Å². The van der Waals surface area contributed by atoms with Crippen molar-refractivity contribution in [1.82, 2.24) is 0 Å². The van der Waals surface area contributed by atoms with Crippen molar-refractivity contribution in [1.29, 1.82) is 0 Å². The van der Waals surface area contributed by atoms with Crippen LogP contribution in [0.4, 0.5) is 0 Å². The van der Waals surface area contributed by atoms with Gasteiger partial charge in [-0.2, -0.15) is 0 Å². The van der Waals surface area contributed by atoms with E-state index in [1.165, 1.54) is 26.3 Å². The molecule has 0 spiro atoms. The van der Waals surface area contributed by atoms with Gasteiger partial charge in [-0.25, -0.2) is 0 Å². The Morgan fingerprint density at radius 2 is 2.15 bits per heavy atom. The van der Waals surface area contributed by atoms with Crippen LogP contribution in [0, 0.1) is 0 Å². The van der Waals surface area contributed by atoms with Crippen LogP contribution < -0.4 is 0 Å². The van der Waals surface area contributed by atoms with Crippen molar-refractivity contribution in [2.24, 2.45) is 0 Å². The molecule has 0 aliphatic carbocycles. The molecule has 0 aromatic heterocycles. The van der Waals surface area contributed by atoms with E-state index in [4.69, 9.17) is 0 Å². The average Bonchev–Trinajstić information content (AvgIpc) is 2.02. The van der Waals surface area contributed by atoms with Gasteiger partial charge in [0.1, 0.15) is 0 Å². The zero-order chi connectivity index (χ0) is 10.3. The first-order chi connectivity index (χ1) is 6.10. The Labute approximate surface area is 89.1 Å². The van der Waals surface area contributed by atoms with Gasteiger partial charge in [-0.3, -0.25) is 0 Å². The summed E-state index contributed by atoms with van der Waals surface area (Å²) in [6.45, 7) is 5.27. The van der Waals surface area contributed by atoms with Gasteiger partial charge in [-0.05, 0) is 0 Å². The molecule has 0 amide bonds.